The fourth-order valence-electron chi connectivity index (χ4n) is 3.43. The van der Waals surface area contributed by atoms with Crippen molar-refractivity contribution in [2.24, 2.45) is 13.0 Å². The average Bonchev–Trinajstić information content (AvgIpc) is 3.34. The highest BCUT2D eigenvalue weighted by molar-refractivity contribution is 8.01. The van der Waals surface area contributed by atoms with Crippen molar-refractivity contribution in [2.75, 3.05) is 17.7 Å². The number of hydrogen-bond acceptors (Lipinski definition) is 7. The number of hydrogen-bond donors (Lipinski definition) is 1. The number of amides is 1. The first kappa shape index (κ1) is 17.0. The number of rotatable bonds is 5. The van der Waals surface area contributed by atoms with E-state index in [-0.39, 0.29) is 5.91 Å². The van der Waals surface area contributed by atoms with Crippen LogP contribution < -0.4 is 5.32 Å². The van der Waals surface area contributed by atoms with E-state index in [0.717, 1.165) is 33.7 Å². The van der Waals surface area contributed by atoms with Crippen molar-refractivity contribution in [1.29, 1.82) is 0 Å². The number of carbonyl (C=O) groups excluding carboxylic acids is 1. The molecule has 1 fully saturated rings. The molecule has 7 nitrogen and oxygen atoms in total. The number of aromatic nitrogens is 4. The minimum atomic E-state index is -0.245. The van der Waals surface area contributed by atoms with Gasteiger partial charge >= 0.3 is 0 Å². The smallest absolute Gasteiger partial charge is 0.278 e. The fraction of sp³-hybridized carbons (Fsp3) is 0.625. The highest BCUT2D eigenvalue weighted by Gasteiger charge is 2.25. The van der Waals surface area contributed by atoms with Gasteiger partial charge in [0.2, 0.25) is 5.13 Å². The number of aryl methyl sites for hydroxylation is 1. The lowest BCUT2D eigenvalue weighted by atomic mass is 10.1. The fourth-order valence-corrected chi connectivity index (χ4v) is 5.39. The van der Waals surface area contributed by atoms with E-state index < -0.39 is 0 Å². The molecule has 25 heavy (non-hydrogen) atoms. The van der Waals surface area contributed by atoms with Crippen LogP contribution in [0.3, 0.4) is 0 Å². The molecule has 1 aliphatic carbocycles. The Labute approximate surface area is 154 Å². The topological polar surface area (TPSA) is 81.9 Å². The molecule has 2 aliphatic rings. The Morgan fingerprint density at radius 1 is 1.40 bits per heavy atom. The van der Waals surface area contributed by atoms with Gasteiger partial charge in [0.25, 0.3) is 5.91 Å². The molecule has 1 aliphatic heterocycles. The maximum Gasteiger partial charge on any atom is 0.278 e. The lowest BCUT2D eigenvalue weighted by molar-refractivity contribution is 0.0984. The van der Waals surface area contributed by atoms with Gasteiger partial charge in [-0.1, -0.05) is 35.9 Å². The molecule has 9 heteroatoms. The van der Waals surface area contributed by atoms with Crippen LogP contribution in [0.25, 0.3) is 0 Å². The summed E-state index contributed by atoms with van der Waals surface area (Å²) in [7, 11) is 1.86. The summed E-state index contributed by atoms with van der Waals surface area (Å²) in [6.45, 7) is 1.11. The van der Waals surface area contributed by atoms with Crippen LogP contribution in [-0.2, 0) is 24.8 Å². The van der Waals surface area contributed by atoms with Crippen molar-refractivity contribution < 1.29 is 9.53 Å². The number of ether oxygens (including phenoxy) is 1. The van der Waals surface area contributed by atoms with Gasteiger partial charge in [-0.05, 0) is 18.8 Å². The molecule has 0 bridgehead atoms. The quantitative estimate of drug-likeness (QED) is 0.635. The van der Waals surface area contributed by atoms with Gasteiger partial charge in [0, 0.05) is 30.5 Å². The molecular formula is C16H21N5O2S2. The van der Waals surface area contributed by atoms with E-state index >= 15 is 0 Å². The van der Waals surface area contributed by atoms with Crippen molar-refractivity contribution in [3.8, 4) is 0 Å². The van der Waals surface area contributed by atoms with Gasteiger partial charge in [-0.2, -0.15) is 5.10 Å². The number of thioether (sulfide) groups is 1. The molecule has 2 aromatic heterocycles. The van der Waals surface area contributed by atoms with Gasteiger partial charge in [-0.3, -0.25) is 14.8 Å². The van der Waals surface area contributed by atoms with Crippen LogP contribution >= 0.6 is 23.1 Å². The second kappa shape index (κ2) is 7.43. The Kier molecular flexibility index (Phi) is 5.05. The van der Waals surface area contributed by atoms with Crippen LogP contribution in [0.15, 0.2) is 4.34 Å². The highest BCUT2D eigenvalue weighted by Crippen LogP contribution is 2.33. The van der Waals surface area contributed by atoms with Crippen LogP contribution in [-0.4, -0.2) is 38.2 Å². The molecular weight excluding hydrogens is 358 g/mol. The first-order valence-electron chi connectivity index (χ1n) is 8.61. The van der Waals surface area contributed by atoms with Crippen molar-refractivity contribution in [3.05, 3.63) is 17.0 Å². The monoisotopic (exact) mass is 379 g/mol. The van der Waals surface area contributed by atoms with E-state index in [1.54, 1.807) is 16.4 Å². The molecule has 0 spiro atoms. The standard InChI is InChI=1S/C16H21N5O2S2/c1-21-12-6-7-23-8-11(12)13(20-21)14(22)17-15-18-19-16(25-15)24-9-10-4-2-3-5-10/h10H,2-9H2,1H3,(H,17,18,22). The lowest BCUT2D eigenvalue weighted by Crippen LogP contribution is -2.17. The summed E-state index contributed by atoms with van der Waals surface area (Å²) in [6, 6.07) is 0. The molecule has 0 unspecified atom stereocenters. The summed E-state index contributed by atoms with van der Waals surface area (Å²) in [5.74, 6) is 1.64. The van der Waals surface area contributed by atoms with E-state index in [0.29, 0.717) is 24.0 Å². The summed E-state index contributed by atoms with van der Waals surface area (Å²) in [4.78, 5) is 12.6. The molecule has 134 valence electrons. The summed E-state index contributed by atoms with van der Waals surface area (Å²) in [5, 5.41) is 16.0. The predicted molar refractivity (Wildman–Crippen MR) is 97.1 cm³/mol. The van der Waals surface area contributed by atoms with Crippen molar-refractivity contribution in [3.63, 3.8) is 0 Å². The Balaban J connectivity index is 1.39. The second-order valence-electron chi connectivity index (χ2n) is 6.49. The van der Waals surface area contributed by atoms with E-state index in [9.17, 15) is 4.79 Å². The van der Waals surface area contributed by atoms with E-state index in [2.05, 4.69) is 20.6 Å². The maximum atomic E-state index is 12.6. The first-order valence-corrected chi connectivity index (χ1v) is 10.4. The molecule has 1 N–H and O–H groups in total. The Hall–Kier alpha value is -1.45. The molecule has 0 saturated heterocycles. The minimum Gasteiger partial charge on any atom is -0.376 e. The predicted octanol–water partition coefficient (Wildman–Crippen LogP) is 2.88. The molecule has 1 amide bonds. The van der Waals surface area contributed by atoms with Gasteiger partial charge in [0.05, 0.1) is 13.2 Å². The van der Waals surface area contributed by atoms with Gasteiger partial charge < -0.3 is 4.74 Å². The summed E-state index contributed by atoms with van der Waals surface area (Å²) in [6.07, 6.45) is 6.12. The SMILES string of the molecule is Cn1nc(C(=O)Nc2nnc(SCC3CCCC3)s2)c2c1CCOC2. The zero-order chi connectivity index (χ0) is 17.2. The highest BCUT2D eigenvalue weighted by atomic mass is 32.2. The van der Waals surface area contributed by atoms with Crippen molar-refractivity contribution in [1.82, 2.24) is 20.0 Å². The lowest BCUT2D eigenvalue weighted by Gasteiger charge is -2.13. The summed E-state index contributed by atoms with van der Waals surface area (Å²) < 4.78 is 8.16. The largest absolute Gasteiger partial charge is 0.376 e. The van der Waals surface area contributed by atoms with Gasteiger partial charge in [0.15, 0.2) is 10.0 Å². The van der Waals surface area contributed by atoms with Gasteiger partial charge in [-0.25, -0.2) is 0 Å². The molecule has 3 heterocycles. The van der Waals surface area contributed by atoms with Crippen LogP contribution in [0.1, 0.15) is 47.4 Å². The first-order chi connectivity index (χ1) is 12.2. The number of carbonyl (C=O) groups is 1. The third-order valence-electron chi connectivity index (χ3n) is 4.76. The molecule has 0 radical (unpaired) electrons. The third kappa shape index (κ3) is 3.73. The van der Waals surface area contributed by atoms with Gasteiger partial charge in [0.1, 0.15) is 0 Å². The van der Waals surface area contributed by atoms with E-state index in [1.807, 2.05) is 7.05 Å². The second-order valence-corrected chi connectivity index (χ2v) is 8.73. The van der Waals surface area contributed by atoms with Gasteiger partial charge in [-0.15, -0.1) is 10.2 Å². The van der Waals surface area contributed by atoms with Crippen molar-refractivity contribution >= 4 is 34.1 Å². The number of nitrogens with zero attached hydrogens (tertiary/aromatic N) is 4. The minimum absolute atomic E-state index is 0.245. The average molecular weight is 380 g/mol. The molecule has 0 atom stereocenters. The summed E-state index contributed by atoms with van der Waals surface area (Å²) >= 11 is 3.17. The zero-order valence-corrected chi connectivity index (χ0v) is 15.8. The van der Waals surface area contributed by atoms with Crippen molar-refractivity contribution in [2.45, 2.75) is 43.1 Å². The number of fused-ring (bicyclic) bond motifs is 1. The summed E-state index contributed by atoms with van der Waals surface area (Å²) in [5.41, 5.74) is 2.38. The molecule has 1 saturated carbocycles. The zero-order valence-electron chi connectivity index (χ0n) is 14.2. The Morgan fingerprint density at radius 2 is 2.24 bits per heavy atom. The molecule has 2 aromatic rings. The van der Waals surface area contributed by atoms with Crippen LogP contribution in [0.5, 0.6) is 0 Å². The van der Waals surface area contributed by atoms with E-state index in [1.165, 1.54) is 37.0 Å². The molecule has 4 rings (SSSR count). The Bertz CT molecular complexity index is 767. The maximum absolute atomic E-state index is 12.6. The number of nitrogens with one attached hydrogen (secondary N) is 1. The van der Waals surface area contributed by atoms with Crippen LogP contribution in [0, 0.1) is 5.92 Å². The molecule has 0 aromatic carbocycles. The van der Waals surface area contributed by atoms with Crippen LogP contribution in [0.2, 0.25) is 0 Å². The third-order valence-corrected chi connectivity index (χ3v) is 6.97. The Morgan fingerprint density at radius 3 is 3.08 bits per heavy atom. The number of anilines is 1. The normalized spacial score (nSPS) is 17.6. The van der Waals surface area contributed by atoms with Crippen LogP contribution in [0.4, 0.5) is 5.13 Å². The van der Waals surface area contributed by atoms with E-state index in [4.69, 9.17) is 4.74 Å².